The molecule has 1 aromatic heterocycles. The van der Waals surface area contributed by atoms with E-state index in [1.807, 2.05) is 0 Å². The first-order valence-corrected chi connectivity index (χ1v) is 7.72. The predicted octanol–water partition coefficient (Wildman–Crippen LogP) is 2.39. The number of nitrogens with zero attached hydrogens (tertiary/aromatic N) is 1. The second kappa shape index (κ2) is 5.63. The Balaban J connectivity index is 2.37. The van der Waals surface area contributed by atoms with Crippen LogP contribution < -0.4 is 5.32 Å². The van der Waals surface area contributed by atoms with Crippen molar-refractivity contribution in [2.75, 3.05) is 5.32 Å². The fourth-order valence-electron chi connectivity index (χ4n) is 1.43. The second-order valence-electron chi connectivity index (χ2n) is 3.63. The Morgan fingerprint density at radius 2 is 2.00 bits per heavy atom. The van der Waals surface area contributed by atoms with Crippen molar-refractivity contribution in [2.45, 2.75) is 10.7 Å². The normalized spacial score (nSPS) is 11.6. The van der Waals surface area contributed by atoms with Gasteiger partial charge in [-0.2, -0.15) is 8.78 Å². The van der Waals surface area contributed by atoms with Crippen LogP contribution in [-0.2, 0) is 9.84 Å². The molecule has 1 amide bonds. The molecule has 5 nitrogen and oxygen atoms in total. The van der Waals surface area contributed by atoms with E-state index in [2.05, 4.69) is 10.3 Å². The van der Waals surface area contributed by atoms with E-state index in [0.717, 1.165) is 6.07 Å². The van der Waals surface area contributed by atoms with Crippen LogP contribution in [0.2, 0.25) is 0 Å². The highest BCUT2D eigenvalue weighted by Gasteiger charge is 2.29. The number of sulfone groups is 1. The molecule has 1 N–H and O–H groups in total. The Kier molecular flexibility index (Phi) is 4.09. The summed E-state index contributed by atoms with van der Waals surface area (Å²) in [6.45, 7) is 0. The maximum absolute atomic E-state index is 12.6. The largest absolute Gasteiger partial charge is 0.341 e. The first-order valence-electron chi connectivity index (χ1n) is 5.23. The van der Waals surface area contributed by atoms with Crippen LogP contribution in [0.3, 0.4) is 0 Å². The van der Waals surface area contributed by atoms with E-state index in [1.165, 1.54) is 40.4 Å². The number of hydrogen-bond donors (Lipinski definition) is 1. The quantitative estimate of drug-likeness (QED) is 0.939. The molecule has 20 heavy (non-hydrogen) atoms. The van der Waals surface area contributed by atoms with Crippen molar-refractivity contribution in [3.8, 4) is 0 Å². The molecule has 0 aliphatic heterocycles. The minimum absolute atomic E-state index is 0.0826. The Hall–Kier alpha value is -1.87. The van der Waals surface area contributed by atoms with Crippen LogP contribution in [0, 0.1) is 0 Å². The van der Waals surface area contributed by atoms with Gasteiger partial charge in [0.1, 0.15) is 5.69 Å². The van der Waals surface area contributed by atoms with Crippen LogP contribution in [0.25, 0.3) is 0 Å². The van der Waals surface area contributed by atoms with Crippen LogP contribution in [-0.4, -0.2) is 25.1 Å². The van der Waals surface area contributed by atoms with Crippen molar-refractivity contribution in [3.05, 3.63) is 40.8 Å². The molecule has 2 rings (SSSR count). The van der Waals surface area contributed by atoms with E-state index >= 15 is 0 Å². The van der Waals surface area contributed by atoms with E-state index in [0.29, 0.717) is 0 Å². The molecule has 1 aromatic carbocycles. The van der Waals surface area contributed by atoms with Gasteiger partial charge in [0.05, 0.1) is 16.1 Å². The van der Waals surface area contributed by atoms with Crippen LogP contribution in [0.5, 0.6) is 0 Å². The number of carbonyl (C=O) groups is 1. The van der Waals surface area contributed by atoms with Gasteiger partial charge in [0.2, 0.25) is 9.84 Å². The summed E-state index contributed by atoms with van der Waals surface area (Å²) in [5.41, 5.74) is 1.31. The van der Waals surface area contributed by atoms with Crippen molar-refractivity contribution >= 4 is 32.8 Å². The number of halogens is 2. The van der Waals surface area contributed by atoms with Crippen molar-refractivity contribution in [2.24, 2.45) is 0 Å². The van der Waals surface area contributed by atoms with Gasteiger partial charge >= 0.3 is 5.76 Å². The maximum atomic E-state index is 12.6. The third kappa shape index (κ3) is 2.83. The number of carbonyl (C=O) groups excluding carboxylic acids is 1. The molecule has 0 saturated carbocycles. The van der Waals surface area contributed by atoms with Gasteiger partial charge in [-0.05, 0) is 12.1 Å². The van der Waals surface area contributed by atoms with Crippen LogP contribution in [0.4, 0.5) is 14.5 Å². The molecule has 9 heteroatoms. The number of nitrogens with one attached hydrogen (secondary N) is 1. The van der Waals surface area contributed by atoms with Gasteiger partial charge in [-0.1, -0.05) is 12.1 Å². The van der Waals surface area contributed by atoms with Gasteiger partial charge in [0.15, 0.2) is 0 Å². The number of para-hydroxylation sites is 1. The lowest BCUT2D eigenvalue weighted by Gasteiger charge is -2.10. The third-order valence-corrected chi connectivity index (χ3v) is 4.37. The van der Waals surface area contributed by atoms with Crippen molar-refractivity contribution in [1.82, 2.24) is 4.98 Å². The van der Waals surface area contributed by atoms with Gasteiger partial charge in [0.25, 0.3) is 5.91 Å². The highest BCUT2D eigenvalue weighted by molar-refractivity contribution is 7.91. The fourth-order valence-corrected chi connectivity index (χ4v) is 2.84. The summed E-state index contributed by atoms with van der Waals surface area (Å²) in [7, 11) is -4.79. The van der Waals surface area contributed by atoms with Crippen LogP contribution in [0.15, 0.2) is 40.1 Å². The molecule has 0 atom stereocenters. The van der Waals surface area contributed by atoms with E-state index < -0.39 is 26.4 Å². The van der Waals surface area contributed by atoms with Gasteiger partial charge in [-0.25, -0.2) is 13.4 Å². The summed E-state index contributed by atoms with van der Waals surface area (Å²) < 4.78 is 48.2. The molecule has 1 heterocycles. The Morgan fingerprint density at radius 1 is 1.30 bits per heavy atom. The smallest absolute Gasteiger partial charge is 0.319 e. The van der Waals surface area contributed by atoms with Gasteiger partial charge in [-0.3, -0.25) is 4.79 Å². The zero-order valence-corrected chi connectivity index (χ0v) is 11.4. The Morgan fingerprint density at radius 3 is 2.60 bits per heavy atom. The third-order valence-electron chi connectivity index (χ3n) is 2.34. The summed E-state index contributed by atoms with van der Waals surface area (Å²) in [5.74, 6) is -4.22. The highest BCUT2D eigenvalue weighted by atomic mass is 32.2. The number of benzene rings is 1. The zero-order valence-electron chi connectivity index (χ0n) is 9.79. The molecule has 0 spiro atoms. The maximum Gasteiger partial charge on any atom is 0.341 e. The monoisotopic (exact) mass is 318 g/mol. The molecular weight excluding hydrogens is 310 g/mol. The van der Waals surface area contributed by atoms with Gasteiger partial charge in [0, 0.05) is 5.38 Å². The Bertz CT molecular complexity index is 715. The summed E-state index contributed by atoms with van der Waals surface area (Å²) >= 11 is 1.18. The molecule has 0 aliphatic carbocycles. The summed E-state index contributed by atoms with van der Waals surface area (Å²) in [4.78, 5) is 14.9. The first kappa shape index (κ1) is 14.5. The van der Waals surface area contributed by atoms with E-state index in [1.54, 1.807) is 0 Å². The molecule has 106 valence electrons. The second-order valence-corrected chi connectivity index (χ2v) is 6.23. The number of thiazole rings is 1. The molecule has 0 fully saturated rings. The van der Waals surface area contributed by atoms with E-state index in [9.17, 15) is 22.0 Å². The van der Waals surface area contributed by atoms with E-state index in [-0.39, 0.29) is 11.4 Å². The lowest BCUT2D eigenvalue weighted by molar-refractivity contribution is 0.102. The topological polar surface area (TPSA) is 76.1 Å². The zero-order chi connectivity index (χ0) is 14.8. The molecular formula is C11H8F2N2O3S2. The SMILES string of the molecule is O=C(Nc1ccccc1S(=O)(=O)C(F)F)c1cscn1. The van der Waals surface area contributed by atoms with Gasteiger partial charge < -0.3 is 5.32 Å². The predicted molar refractivity (Wildman–Crippen MR) is 69.7 cm³/mol. The molecule has 0 bridgehead atoms. The van der Waals surface area contributed by atoms with Crippen LogP contribution in [0.1, 0.15) is 10.5 Å². The minimum atomic E-state index is -4.79. The average Bonchev–Trinajstić information content (AvgIpc) is 2.93. The number of rotatable bonds is 4. The lowest BCUT2D eigenvalue weighted by Crippen LogP contribution is -2.18. The number of amides is 1. The standard InChI is InChI=1S/C11H8F2N2O3S2/c12-11(13)20(17,18)9-4-2-1-3-7(9)15-10(16)8-5-19-6-14-8/h1-6,11H,(H,15,16). The van der Waals surface area contributed by atoms with Crippen molar-refractivity contribution < 1.29 is 22.0 Å². The average molecular weight is 318 g/mol. The minimum Gasteiger partial charge on any atom is -0.319 e. The Labute approximate surface area is 117 Å². The summed E-state index contributed by atoms with van der Waals surface area (Å²) in [6, 6.07) is 4.98. The number of anilines is 1. The first-order chi connectivity index (χ1) is 9.43. The molecule has 0 saturated heterocycles. The molecule has 0 radical (unpaired) electrons. The summed E-state index contributed by atoms with van der Waals surface area (Å²) in [5, 5.41) is 3.72. The van der Waals surface area contributed by atoms with Crippen molar-refractivity contribution in [1.29, 1.82) is 0 Å². The number of alkyl halides is 2. The van der Waals surface area contributed by atoms with Crippen molar-refractivity contribution in [3.63, 3.8) is 0 Å². The lowest BCUT2D eigenvalue weighted by atomic mass is 10.3. The van der Waals surface area contributed by atoms with Gasteiger partial charge in [-0.15, -0.1) is 11.3 Å². The summed E-state index contributed by atoms with van der Waals surface area (Å²) in [6.07, 6.45) is 0. The number of aromatic nitrogens is 1. The molecule has 0 aliphatic rings. The fraction of sp³-hybridized carbons (Fsp3) is 0.0909. The highest BCUT2D eigenvalue weighted by Crippen LogP contribution is 2.26. The molecule has 2 aromatic rings. The number of hydrogen-bond acceptors (Lipinski definition) is 5. The van der Waals surface area contributed by atoms with E-state index in [4.69, 9.17) is 0 Å². The molecule has 0 unspecified atom stereocenters. The van der Waals surface area contributed by atoms with Crippen LogP contribution >= 0.6 is 11.3 Å².